The Morgan fingerprint density at radius 3 is 2.50 bits per heavy atom. The van der Waals surface area contributed by atoms with E-state index in [-0.39, 0.29) is 5.60 Å². The maximum Gasteiger partial charge on any atom is 0.0626 e. The topological polar surface area (TPSA) is 9.23 Å². The second-order valence-corrected chi connectivity index (χ2v) is 2.90. The van der Waals surface area contributed by atoms with E-state index in [0.29, 0.717) is 0 Å². The second kappa shape index (κ2) is 2.06. The van der Waals surface area contributed by atoms with Gasteiger partial charge in [0.15, 0.2) is 0 Å². The molecule has 1 aliphatic rings. The van der Waals surface area contributed by atoms with Gasteiger partial charge >= 0.3 is 0 Å². The zero-order valence-electron chi connectivity index (χ0n) is 5.61. The fourth-order valence-electron chi connectivity index (χ4n) is 0.890. The Labute approximate surface area is 51.0 Å². The van der Waals surface area contributed by atoms with Crippen molar-refractivity contribution in [3.05, 3.63) is 6.42 Å². The molecule has 1 heterocycles. The first-order valence-corrected chi connectivity index (χ1v) is 3.16. The first kappa shape index (κ1) is 6.09. The van der Waals surface area contributed by atoms with Crippen LogP contribution >= 0.6 is 0 Å². The summed E-state index contributed by atoms with van der Waals surface area (Å²) in [7, 11) is 0. The Hall–Kier alpha value is -0.0400. The third-order valence-corrected chi connectivity index (χ3v) is 1.54. The van der Waals surface area contributed by atoms with E-state index in [1.165, 1.54) is 12.8 Å². The van der Waals surface area contributed by atoms with Gasteiger partial charge in [0.1, 0.15) is 0 Å². The Morgan fingerprint density at radius 1 is 1.50 bits per heavy atom. The lowest BCUT2D eigenvalue weighted by molar-refractivity contribution is -0.0314. The van der Waals surface area contributed by atoms with E-state index in [9.17, 15) is 0 Å². The minimum atomic E-state index is 0.148. The average Bonchev–Trinajstić information content (AvgIpc) is 1.65. The summed E-state index contributed by atoms with van der Waals surface area (Å²) < 4.78 is 5.41. The van der Waals surface area contributed by atoms with Crippen LogP contribution in [0.3, 0.4) is 0 Å². The molecule has 0 amide bonds. The molecule has 1 nitrogen and oxygen atoms in total. The quantitative estimate of drug-likeness (QED) is 0.465. The van der Waals surface area contributed by atoms with Crippen molar-refractivity contribution in [2.75, 3.05) is 6.61 Å². The maximum atomic E-state index is 5.41. The summed E-state index contributed by atoms with van der Waals surface area (Å²) in [5.74, 6) is 0. The normalized spacial score (nSPS) is 27.8. The van der Waals surface area contributed by atoms with Crippen molar-refractivity contribution in [2.45, 2.75) is 32.3 Å². The first-order valence-electron chi connectivity index (χ1n) is 3.16. The zero-order chi connectivity index (χ0) is 6.04. The summed E-state index contributed by atoms with van der Waals surface area (Å²) in [6.45, 7) is 5.12. The Bertz CT molecular complexity index is 68.5. The van der Waals surface area contributed by atoms with Crippen LogP contribution in [0.15, 0.2) is 0 Å². The van der Waals surface area contributed by atoms with Crippen molar-refractivity contribution in [1.82, 2.24) is 0 Å². The van der Waals surface area contributed by atoms with Gasteiger partial charge in [-0.2, -0.15) is 0 Å². The minimum Gasteiger partial charge on any atom is -0.375 e. The van der Waals surface area contributed by atoms with Gasteiger partial charge in [0.25, 0.3) is 0 Å². The molecule has 1 fully saturated rings. The van der Waals surface area contributed by atoms with Gasteiger partial charge in [0, 0.05) is 0 Å². The van der Waals surface area contributed by atoms with Crippen LogP contribution in [0.1, 0.15) is 26.7 Å². The van der Waals surface area contributed by atoms with E-state index in [1.54, 1.807) is 0 Å². The van der Waals surface area contributed by atoms with Gasteiger partial charge in [-0.05, 0) is 33.1 Å². The van der Waals surface area contributed by atoms with Crippen LogP contribution < -0.4 is 0 Å². The number of hydrogen-bond acceptors (Lipinski definition) is 1. The first-order chi connectivity index (χ1) is 3.71. The lowest BCUT2D eigenvalue weighted by Gasteiger charge is -2.29. The molecule has 0 aromatic carbocycles. The van der Waals surface area contributed by atoms with Crippen LogP contribution in [-0.2, 0) is 4.74 Å². The molecule has 0 spiro atoms. The molecule has 1 saturated heterocycles. The average molecular weight is 113 g/mol. The van der Waals surface area contributed by atoms with Gasteiger partial charge in [0.2, 0.25) is 0 Å². The molecule has 1 radical (unpaired) electrons. The van der Waals surface area contributed by atoms with Crippen molar-refractivity contribution in [3.63, 3.8) is 0 Å². The van der Waals surface area contributed by atoms with Crippen molar-refractivity contribution in [2.24, 2.45) is 0 Å². The maximum absolute atomic E-state index is 5.41. The molecule has 0 aromatic rings. The summed E-state index contributed by atoms with van der Waals surface area (Å²) >= 11 is 0. The predicted octanol–water partition coefficient (Wildman–Crippen LogP) is 1.78. The highest BCUT2D eigenvalue weighted by molar-refractivity contribution is 4.80. The van der Waals surface area contributed by atoms with Crippen molar-refractivity contribution < 1.29 is 4.74 Å². The highest BCUT2D eigenvalue weighted by Gasteiger charge is 2.20. The molecule has 0 atom stereocenters. The van der Waals surface area contributed by atoms with E-state index in [4.69, 9.17) is 4.74 Å². The molecular formula is C7H13O. The molecule has 1 rings (SSSR count). The van der Waals surface area contributed by atoms with Crippen molar-refractivity contribution in [3.8, 4) is 0 Å². The van der Waals surface area contributed by atoms with Crippen molar-refractivity contribution in [1.29, 1.82) is 0 Å². The fourth-order valence-corrected chi connectivity index (χ4v) is 0.890. The zero-order valence-corrected chi connectivity index (χ0v) is 5.61. The molecule has 8 heavy (non-hydrogen) atoms. The lowest BCUT2D eigenvalue weighted by Crippen LogP contribution is -2.28. The smallest absolute Gasteiger partial charge is 0.0626 e. The molecule has 1 heteroatoms. The van der Waals surface area contributed by atoms with Gasteiger partial charge in [-0.1, -0.05) is 0 Å². The summed E-state index contributed by atoms with van der Waals surface area (Å²) in [6.07, 6.45) is 4.57. The Kier molecular flexibility index (Phi) is 1.57. The highest BCUT2D eigenvalue weighted by Crippen LogP contribution is 2.22. The third-order valence-electron chi connectivity index (χ3n) is 1.54. The molecule has 0 unspecified atom stereocenters. The van der Waals surface area contributed by atoms with Gasteiger partial charge in [0.05, 0.1) is 12.2 Å². The summed E-state index contributed by atoms with van der Waals surface area (Å²) in [5.41, 5.74) is 0.148. The van der Waals surface area contributed by atoms with Gasteiger partial charge in [-0.25, -0.2) is 0 Å². The van der Waals surface area contributed by atoms with E-state index in [1.807, 2.05) is 0 Å². The van der Waals surface area contributed by atoms with E-state index in [0.717, 1.165) is 6.61 Å². The van der Waals surface area contributed by atoms with E-state index >= 15 is 0 Å². The van der Waals surface area contributed by atoms with Gasteiger partial charge in [-0.15, -0.1) is 0 Å². The molecular weight excluding hydrogens is 100 g/mol. The van der Waals surface area contributed by atoms with Crippen LogP contribution in [0.4, 0.5) is 0 Å². The molecule has 0 bridgehead atoms. The minimum absolute atomic E-state index is 0.148. The molecule has 0 aromatic heterocycles. The lowest BCUT2D eigenvalue weighted by atomic mass is 9.99. The standard InChI is InChI=1S/C7H13O/c1-7(2)5-3-4-6-8-7/h4H,3,5-6H2,1-2H3. The third kappa shape index (κ3) is 1.48. The van der Waals surface area contributed by atoms with Crippen LogP contribution in [-0.4, -0.2) is 12.2 Å². The SMILES string of the molecule is CC1(C)CC[CH]CO1. The monoisotopic (exact) mass is 113 g/mol. The number of ether oxygens (including phenoxy) is 1. The van der Waals surface area contributed by atoms with Gasteiger partial charge < -0.3 is 4.74 Å². The molecule has 0 N–H and O–H groups in total. The van der Waals surface area contributed by atoms with Crippen LogP contribution in [0.25, 0.3) is 0 Å². The van der Waals surface area contributed by atoms with E-state index in [2.05, 4.69) is 20.3 Å². The highest BCUT2D eigenvalue weighted by atomic mass is 16.5. The van der Waals surface area contributed by atoms with Gasteiger partial charge in [-0.3, -0.25) is 0 Å². The Morgan fingerprint density at radius 2 is 2.25 bits per heavy atom. The second-order valence-electron chi connectivity index (χ2n) is 2.90. The number of hydrogen-bond donors (Lipinski definition) is 0. The molecule has 0 aliphatic carbocycles. The summed E-state index contributed by atoms with van der Waals surface area (Å²) in [6, 6.07) is 0. The van der Waals surface area contributed by atoms with Crippen LogP contribution in [0.5, 0.6) is 0 Å². The molecule has 47 valence electrons. The van der Waals surface area contributed by atoms with Crippen molar-refractivity contribution >= 4 is 0 Å². The number of rotatable bonds is 0. The predicted molar refractivity (Wildman–Crippen MR) is 33.6 cm³/mol. The fraction of sp³-hybridized carbons (Fsp3) is 0.857. The molecule has 1 aliphatic heterocycles. The summed E-state index contributed by atoms with van der Waals surface area (Å²) in [4.78, 5) is 0. The van der Waals surface area contributed by atoms with Crippen LogP contribution in [0, 0.1) is 6.42 Å². The van der Waals surface area contributed by atoms with E-state index < -0.39 is 0 Å². The summed E-state index contributed by atoms with van der Waals surface area (Å²) in [5, 5.41) is 0. The van der Waals surface area contributed by atoms with Crippen LogP contribution in [0.2, 0.25) is 0 Å². The largest absolute Gasteiger partial charge is 0.375 e. The molecule has 0 saturated carbocycles. The Balaban J connectivity index is 2.33.